The standard InChI is InChI=1S/C15H21NO/c1-12-3-5-13(6-4-12)15-9-14(15)10-16(11-15)7-8-17-2/h3-6,14H,7-11H2,1-2H3/t14?,15-/m0/s1. The predicted molar refractivity (Wildman–Crippen MR) is 69.3 cm³/mol. The van der Waals surface area contributed by atoms with Gasteiger partial charge in [0.25, 0.3) is 0 Å². The summed E-state index contributed by atoms with van der Waals surface area (Å²) in [5, 5.41) is 0. The minimum atomic E-state index is 0.488. The van der Waals surface area contributed by atoms with Crippen LogP contribution in [0.1, 0.15) is 17.5 Å². The van der Waals surface area contributed by atoms with Crippen LogP contribution in [0, 0.1) is 12.8 Å². The first-order chi connectivity index (χ1) is 8.24. The number of fused-ring (bicyclic) bond motifs is 1. The zero-order valence-electron chi connectivity index (χ0n) is 10.8. The van der Waals surface area contributed by atoms with Crippen LogP contribution in [0.2, 0.25) is 0 Å². The third kappa shape index (κ3) is 1.90. The summed E-state index contributed by atoms with van der Waals surface area (Å²) in [6.45, 7) is 6.59. The van der Waals surface area contributed by atoms with Crippen LogP contribution >= 0.6 is 0 Å². The van der Waals surface area contributed by atoms with Crippen LogP contribution in [0.15, 0.2) is 24.3 Å². The smallest absolute Gasteiger partial charge is 0.0589 e. The van der Waals surface area contributed by atoms with E-state index in [0.29, 0.717) is 5.41 Å². The number of piperidine rings is 1. The number of likely N-dealkylation sites (tertiary alicyclic amines) is 1. The van der Waals surface area contributed by atoms with Crippen LogP contribution in [0.25, 0.3) is 0 Å². The molecule has 17 heavy (non-hydrogen) atoms. The highest BCUT2D eigenvalue weighted by atomic mass is 16.5. The van der Waals surface area contributed by atoms with E-state index in [9.17, 15) is 0 Å². The van der Waals surface area contributed by atoms with E-state index in [1.165, 1.54) is 25.1 Å². The van der Waals surface area contributed by atoms with Crippen LogP contribution in [0.4, 0.5) is 0 Å². The monoisotopic (exact) mass is 231 g/mol. The van der Waals surface area contributed by atoms with Gasteiger partial charge in [0, 0.05) is 32.2 Å². The molecular formula is C15H21NO. The van der Waals surface area contributed by atoms with E-state index in [0.717, 1.165) is 19.1 Å². The highest BCUT2D eigenvalue weighted by Gasteiger charge is 2.60. The molecule has 2 atom stereocenters. The van der Waals surface area contributed by atoms with Crippen molar-refractivity contribution in [3.63, 3.8) is 0 Å². The molecule has 0 radical (unpaired) electrons. The summed E-state index contributed by atoms with van der Waals surface area (Å²) in [6.07, 6.45) is 1.39. The summed E-state index contributed by atoms with van der Waals surface area (Å²) in [7, 11) is 1.78. The Morgan fingerprint density at radius 2 is 2.12 bits per heavy atom. The minimum absolute atomic E-state index is 0.488. The molecule has 1 aliphatic heterocycles. The highest BCUT2D eigenvalue weighted by Crippen LogP contribution is 2.58. The molecule has 1 aromatic rings. The Morgan fingerprint density at radius 3 is 2.82 bits per heavy atom. The second-order valence-electron chi connectivity index (χ2n) is 5.65. The molecule has 1 saturated carbocycles. The van der Waals surface area contributed by atoms with Crippen LogP contribution in [0.3, 0.4) is 0 Å². The van der Waals surface area contributed by atoms with Gasteiger partial charge < -0.3 is 4.74 Å². The van der Waals surface area contributed by atoms with Crippen LogP contribution in [-0.2, 0) is 10.2 Å². The molecule has 0 N–H and O–H groups in total. The van der Waals surface area contributed by atoms with E-state index >= 15 is 0 Å². The average Bonchev–Trinajstić information content (AvgIpc) is 2.91. The Balaban J connectivity index is 1.71. The predicted octanol–water partition coefficient (Wildman–Crippen LogP) is 2.21. The molecule has 3 rings (SSSR count). The second kappa shape index (κ2) is 4.11. The molecule has 1 saturated heterocycles. The number of ether oxygens (including phenoxy) is 1. The molecule has 0 aromatic heterocycles. The lowest BCUT2D eigenvalue weighted by molar-refractivity contribution is 0.153. The molecule has 1 unspecified atom stereocenters. The van der Waals surface area contributed by atoms with Gasteiger partial charge in [-0.15, -0.1) is 0 Å². The van der Waals surface area contributed by atoms with Crippen molar-refractivity contribution in [1.29, 1.82) is 0 Å². The normalized spacial score (nSPS) is 31.5. The van der Waals surface area contributed by atoms with Gasteiger partial charge in [0.2, 0.25) is 0 Å². The first-order valence-corrected chi connectivity index (χ1v) is 6.53. The average molecular weight is 231 g/mol. The highest BCUT2D eigenvalue weighted by molar-refractivity contribution is 5.38. The first-order valence-electron chi connectivity index (χ1n) is 6.53. The fraction of sp³-hybridized carbons (Fsp3) is 0.600. The van der Waals surface area contributed by atoms with Crippen LogP contribution < -0.4 is 0 Å². The van der Waals surface area contributed by atoms with Gasteiger partial charge in [-0.1, -0.05) is 29.8 Å². The Bertz CT molecular complexity index is 400. The van der Waals surface area contributed by atoms with E-state index in [1.807, 2.05) is 0 Å². The van der Waals surface area contributed by atoms with E-state index in [1.54, 1.807) is 12.7 Å². The number of hydrogen-bond acceptors (Lipinski definition) is 2. The van der Waals surface area contributed by atoms with Crippen molar-refractivity contribution in [1.82, 2.24) is 4.90 Å². The molecule has 1 aromatic carbocycles. The van der Waals surface area contributed by atoms with Crippen LogP contribution in [0.5, 0.6) is 0 Å². The quantitative estimate of drug-likeness (QED) is 0.788. The zero-order chi connectivity index (χ0) is 11.9. The zero-order valence-corrected chi connectivity index (χ0v) is 10.8. The number of benzene rings is 1. The van der Waals surface area contributed by atoms with Gasteiger partial charge in [-0.05, 0) is 24.8 Å². The SMILES string of the molecule is COCCN1CC2C[C@@]2(c2ccc(C)cc2)C1. The number of nitrogens with zero attached hydrogens (tertiary/aromatic N) is 1. The van der Waals surface area contributed by atoms with Gasteiger partial charge in [0.15, 0.2) is 0 Å². The third-order valence-corrected chi connectivity index (χ3v) is 4.45. The Morgan fingerprint density at radius 1 is 1.35 bits per heavy atom. The van der Waals surface area contributed by atoms with Crippen LogP contribution in [-0.4, -0.2) is 38.3 Å². The lowest BCUT2D eigenvalue weighted by Gasteiger charge is -2.20. The van der Waals surface area contributed by atoms with E-state index in [4.69, 9.17) is 4.74 Å². The summed E-state index contributed by atoms with van der Waals surface area (Å²) < 4.78 is 5.17. The maximum Gasteiger partial charge on any atom is 0.0589 e. The largest absolute Gasteiger partial charge is 0.383 e. The van der Waals surface area contributed by atoms with Gasteiger partial charge in [0.05, 0.1) is 6.61 Å². The maximum absolute atomic E-state index is 5.17. The van der Waals surface area contributed by atoms with Gasteiger partial charge >= 0.3 is 0 Å². The van der Waals surface area contributed by atoms with Crippen molar-refractivity contribution in [3.05, 3.63) is 35.4 Å². The molecule has 92 valence electrons. The molecule has 2 heteroatoms. The Labute approximate surface area is 104 Å². The van der Waals surface area contributed by atoms with Crippen molar-refractivity contribution in [2.45, 2.75) is 18.8 Å². The molecule has 2 aliphatic rings. The maximum atomic E-state index is 5.17. The van der Waals surface area contributed by atoms with Crippen molar-refractivity contribution in [3.8, 4) is 0 Å². The topological polar surface area (TPSA) is 12.5 Å². The lowest BCUT2D eigenvalue weighted by atomic mass is 9.94. The number of hydrogen-bond donors (Lipinski definition) is 0. The molecule has 1 heterocycles. The van der Waals surface area contributed by atoms with E-state index < -0.39 is 0 Å². The molecule has 0 spiro atoms. The third-order valence-electron chi connectivity index (χ3n) is 4.45. The summed E-state index contributed by atoms with van der Waals surface area (Å²) in [5.74, 6) is 0.891. The van der Waals surface area contributed by atoms with Crippen molar-refractivity contribution < 1.29 is 4.74 Å². The van der Waals surface area contributed by atoms with Gasteiger partial charge in [0.1, 0.15) is 0 Å². The Hall–Kier alpha value is -0.860. The summed E-state index contributed by atoms with van der Waals surface area (Å²) in [6, 6.07) is 9.15. The molecular weight excluding hydrogens is 210 g/mol. The fourth-order valence-electron chi connectivity index (χ4n) is 3.31. The van der Waals surface area contributed by atoms with E-state index in [2.05, 4.69) is 36.1 Å². The van der Waals surface area contributed by atoms with Gasteiger partial charge in [-0.2, -0.15) is 0 Å². The number of methoxy groups -OCH3 is 1. The summed E-state index contributed by atoms with van der Waals surface area (Å²) >= 11 is 0. The molecule has 2 fully saturated rings. The molecule has 0 bridgehead atoms. The van der Waals surface area contributed by atoms with E-state index in [-0.39, 0.29) is 0 Å². The molecule has 2 nitrogen and oxygen atoms in total. The summed E-state index contributed by atoms with van der Waals surface area (Å²) in [5.41, 5.74) is 3.39. The molecule has 0 amide bonds. The number of aryl methyl sites for hydroxylation is 1. The fourth-order valence-corrected chi connectivity index (χ4v) is 3.31. The molecule has 1 aliphatic carbocycles. The lowest BCUT2D eigenvalue weighted by Crippen LogP contribution is -2.29. The van der Waals surface area contributed by atoms with Gasteiger partial charge in [-0.25, -0.2) is 0 Å². The second-order valence-corrected chi connectivity index (χ2v) is 5.65. The van der Waals surface area contributed by atoms with Crippen molar-refractivity contribution >= 4 is 0 Å². The summed E-state index contributed by atoms with van der Waals surface area (Å²) in [4.78, 5) is 2.55. The minimum Gasteiger partial charge on any atom is -0.383 e. The number of rotatable bonds is 4. The van der Waals surface area contributed by atoms with Crippen molar-refractivity contribution in [2.24, 2.45) is 5.92 Å². The Kier molecular flexibility index (Phi) is 2.72. The first kappa shape index (κ1) is 11.2. The van der Waals surface area contributed by atoms with Crippen molar-refractivity contribution in [2.75, 3.05) is 33.4 Å². The van der Waals surface area contributed by atoms with Gasteiger partial charge in [-0.3, -0.25) is 4.90 Å².